The molecule has 10 heteroatoms. The van der Waals surface area contributed by atoms with Crippen LogP contribution < -0.4 is 14.4 Å². The van der Waals surface area contributed by atoms with Crippen molar-refractivity contribution in [3.8, 4) is 5.75 Å². The largest absolute Gasteiger partial charge is 0.573 e. The number of ether oxygens (including phenoxy) is 1. The third-order valence-electron chi connectivity index (χ3n) is 7.26. The van der Waals surface area contributed by atoms with Gasteiger partial charge in [0.15, 0.2) is 0 Å². The van der Waals surface area contributed by atoms with E-state index in [9.17, 15) is 22.5 Å². The van der Waals surface area contributed by atoms with Crippen molar-refractivity contribution in [2.24, 2.45) is 4.36 Å². The molecule has 3 aromatic carbocycles. The molecule has 202 valence electrons. The van der Waals surface area contributed by atoms with Gasteiger partial charge in [-0.2, -0.15) is 0 Å². The summed E-state index contributed by atoms with van der Waals surface area (Å²) in [5, 5.41) is 11.7. The summed E-state index contributed by atoms with van der Waals surface area (Å²) < 4.78 is 62.6. The Morgan fingerprint density at radius 3 is 2.08 bits per heavy atom. The first kappa shape index (κ1) is 26.5. The highest BCUT2D eigenvalue weighted by molar-refractivity contribution is 7.91. The lowest BCUT2D eigenvalue weighted by Crippen LogP contribution is -2.55. The van der Waals surface area contributed by atoms with Crippen LogP contribution in [0.25, 0.3) is 0 Å². The average molecular weight is 546 g/mol. The second-order valence-corrected chi connectivity index (χ2v) is 11.7. The van der Waals surface area contributed by atoms with Crippen LogP contribution in [0.15, 0.2) is 82.1 Å². The Morgan fingerprint density at radius 1 is 0.947 bits per heavy atom. The van der Waals surface area contributed by atoms with E-state index in [0.717, 1.165) is 49.2 Å². The fourth-order valence-corrected chi connectivity index (χ4v) is 7.12. The van der Waals surface area contributed by atoms with Crippen molar-refractivity contribution >= 4 is 21.3 Å². The molecule has 38 heavy (non-hydrogen) atoms. The molecule has 0 bridgehead atoms. The first-order chi connectivity index (χ1) is 18.2. The zero-order valence-corrected chi connectivity index (χ0v) is 21.7. The molecule has 0 saturated heterocycles. The Balaban J connectivity index is 1.44. The Kier molecular flexibility index (Phi) is 7.39. The topological polar surface area (TPSA) is 74.2 Å². The van der Waals surface area contributed by atoms with E-state index in [2.05, 4.69) is 43.0 Å². The highest BCUT2D eigenvalue weighted by atomic mass is 32.2. The highest BCUT2D eigenvalue weighted by Gasteiger charge is 2.39. The van der Waals surface area contributed by atoms with Gasteiger partial charge in [-0.05, 0) is 79.6 Å². The predicted octanol–water partition coefficient (Wildman–Crippen LogP) is 5.77. The van der Waals surface area contributed by atoms with Crippen LogP contribution in [-0.4, -0.2) is 40.9 Å². The molecule has 1 saturated carbocycles. The van der Waals surface area contributed by atoms with Gasteiger partial charge in [0, 0.05) is 24.5 Å². The number of halogens is 3. The minimum atomic E-state index is -4.82. The molecule has 0 radical (unpaired) electrons. The van der Waals surface area contributed by atoms with E-state index in [0.29, 0.717) is 6.42 Å². The van der Waals surface area contributed by atoms with Crippen molar-refractivity contribution in [2.45, 2.75) is 61.5 Å². The molecule has 0 amide bonds. The molecule has 1 unspecified atom stereocenters. The fraction of sp³-hybridized carbons (Fsp3) is 0.357. The molecule has 1 aliphatic heterocycles. The van der Waals surface area contributed by atoms with Crippen molar-refractivity contribution in [3.05, 3.63) is 83.9 Å². The van der Waals surface area contributed by atoms with E-state index in [-0.39, 0.29) is 10.9 Å². The van der Waals surface area contributed by atoms with E-state index >= 15 is 0 Å². The first-order valence-corrected chi connectivity index (χ1v) is 14.1. The maximum Gasteiger partial charge on any atom is 0.573 e. The van der Waals surface area contributed by atoms with Crippen molar-refractivity contribution < 1.29 is 27.2 Å². The number of fused-ring (bicyclic) bond motifs is 2. The molecular formula is C28H30F3N3O3S. The number of hydrogen-bond acceptors (Lipinski definition) is 5. The van der Waals surface area contributed by atoms with Crippen LogP contribution in [0, 0.1) is 0 Å². The van der Waals surface area contributed by atoms with Crippen LogP contribution in [0.4, 0.5) is 24.5 Å². The number of anilines is 2. The second-order valence-electron chi connectivity index (χ2n) is 9.57. The maximum absolute atomic E-state index is 13.8. The van der Waals surface area contributed by atoms with E-state index < -0.39 is 34.2 Å². The van der Waals surface area contributed by atoms with Crippen molar-refractivity contribution in [2.75, 3.05) is 11.9 Å². The SMILES string of the molecule is CN=S(=O)(N[C@@H]1CCC[C@@H](N2c3ccccc3CCc3ccccc32)[C@H]1O)c1ccc(OC(F)(F)F)cc1. The minimum absolute atomic E-state index is 0.217. The quantitative estimate of drug-likeness (QED) is 0.427. The molecule has 1 aliphatic carbocycles. The van der Waals surface area contributed by atoms with Crippen molar-refractivity contribution in [1.82, 2.24) is 4.72 Å². The number of hydrogen-bond donors (Lipinski definition) is 2. The lowest BCUT2D eigenvalue weighted by atomic mass is 9.86. The van der Waals surface area contributed by atoms with E-state index in [1.54, 1.807) is 0 Å². The molecule has 2 aliphatic rings. The zero-order valence-electron chi connectivity index (χ0n) is 20.9. The number of aliphatic hydroxyl groups is 1. The Morgan fingerprint density at radius 2 is 1.53 bits per heavy atom. The van der Waals surface area contributed by atoms with Gasteiger partial charge in [0.2, 0.25) is 0 Å². The Labute approximate surface area is 220 Å². The fourth-order valence-electron chi connectivity index (χ4n) is 5.50. The number of alkyl halides is 3. The van der Waals surface area contributed by atoms with Crippen LogP contribution >= 0.6 is 0 Å². The van der Waals surface area contributed by atoms with Gasteiger partial charge in [-0.25, -0.2) is 13.3 Å². The van der Waals surface area contributed by atoms with E-state index in [4.69, 9.17) is 0 Å². The van der Waals surface area contributed by atoms with Gasteiger partial charge in [0.05, 0.1) is 17.0 Å². The Hall–Kier alpha value is -3.08. The number of benzene rings is 3. The molecule has 1 fully saturated rings. The van der Waals surface area contributed by atoms with Crippen LogP contribution in [-0.2, 0) is 22.8 Å². The lowest BCUT2D eigenvalue weighted by Gasteiger charge is -2.43. The smallest absolute Gasteiger partial charge is 0.406 e. The summed E-state index contributed by atoms with van der Waals surface area (Å²) in [6, 6.07) is 20.5. The first-order valence-electron chi connectivity index (χ1n) is 12.6. The van der Waals surface area contributed by atoms with Crippen LogP contribution in [0.1, 0.15) is 30.4 Å². The van der Waals surface area contributed by atoms with Crippen LogP contribution in [0.5, 0.6) is 5.75 Å². The van der Waals surface area contributed by atoms with Gasteiger partial charge in [0.1, 0.15) is 15.7 Å². The van der Waals surface area contributed by atoms with Gasteiger partial charge in [0.25, 0.3) is 0 Å². The molecular weight excluding hydrogens is 515 g/mol. The summed E-state index contributed by atoms with van der Waals surface area (Å²) in [4.78, 5) is 2.44. The summed E-state index contributed by atoms with van der Waals surface area (Å²) >= 11 is 0. The number of nitrogens with zero attached hydrogens (tertiary/aromatic N) is 2. The standard InChI is InChI=1S/C28H30F3N3O3S/c1-32-38(36,22-17-15-21(16-18-22)37-28(29,30)31)33-23-9-6-12-26(27(23)35)34-24-10-4-2-7-19(24)13-14-20-8-3-5-11-25(20)34/h2-5,7-8,10-11,15-18,23,26-27,35H,6,9,12-14H2,1H3,(H,32,33,36)/t23-,26-,27+,38?/m1/s1. The average Bonchev–Trinajstić information content (AvgIpc) is 3.06. The molecule has 5 rings (SSSR count). The summed E-state index contributed by atoms with van der Waals surface area (Å²) in [7, 11) is -1.83. The molecule has 3 aromatic rings. The molecule has 0 spiro atoms. The van der Waals surface area contributed by atoms with Gasteiger partial charge < -0.3 is 14.7 Å². The van der Waals surface area contributed by atoms with Crippen LogP contribution in [0.2, 0.25) is 0 Å². The normalized spacial score (nSPS) is 23.0. The number of para-hydroxylation sites is 2. The number of nitrogens with one attached hydrogen (secondary N) is 1. The summed E-state index contributed by atoms with van der Waals surface area (Å²) in [5.41, 5.74) is 4.53. The number of aryl methyl sites for hydroxylation is 2. The summed E-state index contributed by atoms with van der Waals surface area (Å²) in [6.07, 6.45) is -1.79. The lowest BCUT2D eigenvalue weighted by molar-refractivity contribution is -0.274. The van der Waals surface area contributed by atoms with E-state index in [1.165, 1.54) is 30.3 Å². The van der Waals surface area contributed by atoms with Gasteiger partial charge in [-0.15, -0.1) is 13.2 Å². The monoisotopic (exact) mass is 545 g/mol. The highest BCUT2D eigenvalue weighted by Crippen LogP contribution is 2.41. The summed E-state index contributed by atoms with van der Waals surface area (Å²) in [6.45, 7) is 0. The third kappa shape index (κ3) is 5.39. The molecule has 2 N–H and O–H groups in total. The van der Waals surface area contributed by atoms with Crippen molar-refractivity contribution in [3.63, 3.8) is 0 Å². The summed E-state index contributed by atoms with van der Waals surface area (Å²) in [5.74, 6) is -0.407. The molecule has 6 nitrogen and oxygen atoms in total. The van der Waals surface area contributed by atoms with E-state index in [1.807, 2.05) is 24.3 Å². The Bertz CT molecular complexity index is 1360. The van der Waals surface area contributed by atoms with Gasteiger partial charge in [-0.1, -0.05) is 36.4 Å². The second kappa shape index (κ2) is 10.6. The number of rotatable bonds is 5. The minimum Gasteiger partial charge on any atom is -0.406 e. The number of aliphatic hydroxyl groups excluding tert-OH is 1. The predicted molar refractivity (Wildman–Crippen MR) is 141 cm³/mol. The molecule has 4 atom stereocenters. The van der Waals surface area contributed by atoms with Gasteiger partial charge >= 0.3 is 6.36 Å². The molecule has 0 aromatic heterocycles. The zero-order chi connectivity index (χ0) is 26.9. The van der Waals surface area contributed by atoms with Crippen LogP contribution in [0.3, 0.4) is 0 Å². The van der Waals surface area contributed by atoms with Gasteiger partial charge in [-0.3, -0.25) is 0 Å². The molecule has 1 heterocycles. The maximum atomic E-state index is 13.8. The third-order valence-corrected chi connectivity index (χ3v) is 9.31. The van der Waals surface area contributed by atoms with Crippen molar-refractivity contribution in [1.29, 1.82) is 0 Å².